The van der Waals surface area contributed by atoms with E-state index >= 15 is 0 Å². The van der Waals surface area contributed by atoms with Crippen LogP contribution in [-0.2, 0) is 0 Å². The Balaban J connectivity index is 2.50. The van der Waals surface area contributed by atoms with Gasteiger partial charge in [0.25, 0.3) is 0 Å². The molecule has 0 radical (unpaired) electrons. The van der Waals surface area contributed by atoms with E-state index in [1.165, 1.54) is 19.4 Å². The van der Waals surface area contributed by atoms with Gasteiger partial charge in [-0.2, -0.15) is 0 Å². The zero-order chi connectivity index (χ0) is 11.1. The van der Waals surface area contributed by atoms with Crippen molar-refractivity contribution in [1.82, 2.24) is 0 Å². The van der Waals surface area contributed by atoms with Crippen LogP contribution < -0.4 is 19.6 Å². The first-order valence-corrected chi connectivity index (χ1v) is 4.69. The largest absolute Gasteiger partial charge is 0.492 e. The Morgan fingerprint density at radius 3 is 3.06 bits per heavy atom. The molecule has 0 unspecified atom stereocenters. The molecule has 2 heterocycles. The summed E-state index contributed by atoms with van der Waals surface area (Å²) < 4.78 is 20.9. The van der Waals surface area contributed by atoms with Crippen molar-refractivity contribution in [3.8, 4) is 17.2 Å². The van der Waals surface area contributed by atoms with E-state index < -0.39 is 0 Å². The van der Waals surface area contributed by atoms with Gasteiger partial charge in [0.15, 0.2) is 16.9 Å². The summed E-state index contributed by atoms with van der Waals surface area (Å²) in [5.41, 5.74) is 0.255. The fourth-order valence-corrected chi connectivity index (χ4v) is 1.76. The number of hydrogen-bond acceptors (Lipinski definition) is 5. The van der Waals surface area contributed by atoms with Crippen molar-refractivity contribution in [3.05, 3.63) is 28.6 Å². The zero-order valence-electron chi connectivity index (χ0n) is 8.48. The molecule has 5 heteroatoms. The lowest BCUT2D eigenvalue weighted by Gasteiger charge is -2.06. The summed E-state index contributed by atoms with van der Waals surface area (Å²) in [6.07, 6.45) is 1.34. The van der Waals surface area contributed by atoms with Crippen LogP contribution in [0, 0.1) is 0 Å². The second kappa shape index (κ2) is 3.16. The van der Waals surface area contributed by atoms with Gasteiger partial charge in [-0.3, -0.25) is 4.79 Å². The molecule has 0 spiro atoms. The molecule has 1 aliphatic heterocycles. The highest BCUT2D eigenvalue weighted by Gasteiger charge is 2.24. The van der Waals surface area contributed by atoms with E-state index in [-0.39, 0.29) is 12.2 Å². The molecule has 5 nitrogen and oxygen atoms in total. The van der Waals surface area contributed by atoms with Crippen LogP contribution in [0.25, 0.3) is 11.0 Å². The first-order valence-electron chi connectivity index (χ1n) is 4.69. The van der Waals surface area contributed by atoms with Gasteiger partial charge in [0.2, 0.25) is 12.5 Å². The Morgan fingerprint density at radius 2 is 2.25 bits per heavy atom. The van der Waals surface area contributed by atoms with Gasteiger partial charge >= 0.3 is 0 Å². The molecular formula is C11H8O5. The molecule has 1 aliphatic rings. The Bertz CT molecular complexity index is 614. The van der Waals surface area contributed by atoms with Gasteiger partial charge in [-0.15, -0.1) is 0 Å². The number of hydrogen-bond donors (Lipinski definition) is 0. The summed E-state index contributed by atoms with van der Waals surface area (Å²) >= 11 is 0. The minimum absolute atomic E-state index is 0.121. The molecule has 16 heavy (non-hydrogen) atoms. The van der Waals surface area contributed by atoms with Crippen molar-refractivity contribution in [1.29, 1.82) is 0 Å². The highest BCUT2D eigenvalue weighted by Crippen LogP contribution is 2.44. The van der Waals surface area contributed by atoms with Crippen molar-refractivity contribution >= 4 is 11.0 Å². The number of methoxy groups -OCH3 is 1. The molecule has 2 aromatic rings. The van der Waals surface area contributed by atoms with Crippen LogP contribution in [0.2, 0.25) is 0 Å². The summed E-state index contributed by atoms with van der Waals surface area (Å²) in [6, 6.07) is 2.97. The Labute approximate surface area is 90.1 Å². The lowest BCUT2D eigenvalue weighted by molar-refractivity contribution is 0.171. The maximum absolute atomic E-state index is 11.7. The SMILES string of the molecule is COc1c2c(cc3occc(=O)c13)OCO2. The average molecular weight is 220 g/mol. The predicted octanol–water partition coefficient (Wildman–Crippen LogP) is 1.53. The lowest BCUT2D eigenvalue weighted by Crippen LogP contribution is -2.01. The van der Waals surface area contributed by atoms with Crippen LogP contribution >= 0.6 is 0 Å². The first kappa shape index (κ1) is 9.08. The Morgan fingerprint density at radius 1 is 1.38 bits per heavy atom. The molecule has 0 saturated carbocycles. The predicted molar refractivity (Wildman–Crippen MR) is 55.2 cm³/mol. The summed E-state index contributed by atoms with van der Waals surface area (Å²) in [7, 11) is 1.48. The van der Waals surface area contributed by atoms with Crippen LogP contribution in [0.1, 0.15) is 0 Å². The van der Waals surface area contributed by atoms with Gasteiger partial charge in [-0.25, -0.2) is 0 Å². The number of rotatable bonds is 1. The van der Waals surface area contributed by atoms with Crippen LogP contribution in [0.5, 0.6) is 17.2 Å². The van der Waals surface area contributed by atoms with E-state index in [0.717, 1.165) is 0 Å². The van der Waals surface area contributed by atoms with Gasteiger partial charge in [0, 0.05) is 12.1 Å². The van der Waals surface area contributed by atoms with Crippen LogP contribution in [0.3, 0.4) is 0 Å². The smallest absolute Gasteiger partial charge is 0.231 e. The highest BCUT2D eigenvalue weighted by atomic mass is 16.7. The van der Waals surface area contributed by atoms with Gasteiger partial charge in [0.05, 0.1) is 13.4 Å². The third-order valence-corrected chi connectivity index (χ3v) is 2.45. The molecule has 82 valence electrons. The van der Waals surface area contributed by atoms with E-state index in [9.17, 15) is 4.79 Å². The third-order valence-electron chi connectivity index (χ3n) is 2.45. The summed E-state index contributed by atoms with van der Waals surface area (Å²) in [6.45, 7) is 0.121. The normalized spacial score (nSPS) is 13.1. The van der Waals surface area contributed by atoms with Crippen LogP contribution in [0.4, 0.5) is 0 Å². The second-order valence-electron chi connectivity index (χ2n) is 3.30. The fraction of sp³-hybridized carbons (Fsp3) is 0.182. The second-order valence-corrected chi connectivity index (χ2v) is 3.30. The monoisotopic (exact) mass is 220 g/mol. The van der Waals surface area contributed by atoms with Gasteiger partial charge in [-0.1, -0.05) is 0 Å². The molecular weight excluding hydrogens is 212 g/mol. The van der Waals surface area contributed by atoms with Crippen LogP contribution in [0.15, 0.2) is 27.6 Å². The fourth-order valence-electron chi connectivity index (χ4n) is 1.76. The van der Waals surface area contributed by atoms with Gasteiger partial charge in [0.1, 0.15) is 11.0 Å². The summed E-state index contributed by atoms with van der Waals surface area (Å²) in [5, 5.41) is 0.370. The molecule has 0 N–H and O–H groups in total. The van der Waals surface area contributed by atoms with E-state index in [1.807, 2.05) is 0 Å². The zero-order valence-corrected chi connectivity index (χ0v) is 8.48. The van der Waals surface area contributed by atoms with E-state index in [1.54, 1.807) is 6.07 Å². The molecule has 1 aromatic carbocycles. The molecule has 0 amide bonds. The summed E-state index contributed by atoms with van der Waals surface area (Å²) in [5.74, 6) is 1.34. The molecule has 0 aliphatic carbocycles. The van der Waals surface area contributed by atoms with Gasteiger partial charge in [-0.05, 0) is 0 Å². The minimum Gasteiger partial charge on any atom is -0.492 e. The molecule has 0 atom stereocenters. The molecule has 1 aromatic heterocycles. The molecule has 0 fully saturated rings. The minimum atomic E-state index is -0.170. The van der Waals surface area contributed by atoms with E-state index in [4.69, 9.17) is 18.6 Å². The molecule has 0 bridgehead atoms. The standard InChI is InChI=1S/C11H8O5/c1-13-11-9-6(12)2-3-14-7(9)4-8-10(11)16-5-15-8/h2-4H,5H2,1H3. The van der Waals surface area contributed by atoms with Gasteiger partial charge < -0.3 is 18.6 Å². The lowest BCUT2D eigenvalue weighted by atomic mass is 10.2. The maximum Gasteiger partial charge on any atom is 0.231 e. The number of fused-ring (bicyclic) bond motifs is 2. The Kier molecular flexibility index (Phi) is 1.80. The average Bonchev–Trinajstić information content (AvgIpc) is 2.74. The van der Waals surface area contributed by atoms with Crippen molar-refractivity contribution in [2.45, 2.75) is 0 Å². The van der Waals surface area contributed by atoms with E-state index in [2.05, 4.69) is 0 Å². The maximum atomic E-state index is 11.7. The topological polar surface area (TPSA) is 57.9 Å². The van der Waals surface area contributed by atoms with Crippen molar-refractivity contribution < 1.29 is 18.6 Å². The molecule has 3 rings (SSSR count). The van der Waals surface area contributed by atoms with Crippen LogP contribution in [-0.4, -0.2) is 13.9 Å². The van der Waals surface area contributed by atoms with Crippen molar-refractivity contribution in [3.63, 3.8) is 0 Å². The van der Waals surface area contributed by atoms with E-state index in [0.29, 0.717) is 28.2 Å². The third kappa shape index (κ3) is 1.08. The van der Waals surface area contributed by atoms with Crippen molar-refractivity contribution in [2.24, 2.45) is 0 Å². The van der Waals surface area contributed by atoms with Crippen molar-refractivity contribution in [2.75, 3.05) is 13.9 Å². The number of benzene rings is 1. The highest BCUT2D eigenvalue weighted by molar-refractivity contribution is 5.89. The quantitative estimate of drug-likeness (QED) is 0.729. The first-order chi connectivity index (χ1) is 7.81. The molecule has 0 saturated heterocycles. The number of ether oxygens (including phenoxy) is 3. The summed E-state index contributed by atoms with van der Waals surface area (Å²) in [4.78, 5) is 11.7. The Hall–Kier alpha value is -2.17.